The molecule has 0 aliphatic carbocycles. The number of nitrogens with zero attached hydrogens (tertiary/aromatic N) is 1. The Balaban J connectivity index is 1.54. The number of carbonyl (C=O) groups is 3. The maximum atomic E-state index is 12.6. The first-order valence-electron chi connectivity index (χ1n) is 11.5. The average molecular weight is 436 g/mol. The van der Waals surface area contributed by atoms with Crippen molar-refractivity contribution in [2.75, 3.05) is 23.7 Å². The Morgan fingerprint density at radius 3 is 2.25 bits per heavy atom. The Hall–Kier alpha value is -3.15. The molecule has 6 nitrogen and oxygen atoms in total. The third-order valence-corrected chi connectivity index (χ3v) is 6.13. The second-order valence-corrected chi connectivity index (χ2v) is 8.55. The van der Waals surface area contributed by atoms with Gasteiger partial charge in [0, 0.05) is 36.4 Å². The zero-order chi connectivity index (χ0) is 23.1. The predicted molar refractivity (Wildman–Crippen MR) is 128 cm³/mol. The summed E-state index contributed by atoms with van der Waals surface area (Å²) in [6.07, 6.45) is 3.30. The van der Waals surface area contributed by atoms with Gasteiger partial charge in [-0.1, -0.05) is 39.3 Å². The van der Waals surface area contributed by atoms with Gasteiger partial charge < -0.3 is 15.5 Å². The van der Waals surface area contributed by atoms with Crippen molar-refractivity contribution in [3.63, 3.8) is 0 Å². The Morgan fingerprint density at radius 1 is 1.00 bits per heavy atom. The number of rotatable bonds is 9. The van der Waals surface area contributed by atoms with Crippen LogP contribution in [0.2, 0.25) is 0 Å². The van der Waals surface area contributed by atoms with E-state index in [4.69, 9.17) is 0 Å². The van der Waals surface area contributed by atoms with Crippen molar-refractivity contribution in [1.82, 2.24) is 4.90 Å². The standard InChI is InChI=1S/C26H33N3O3/c1-4-6-15-29-17-21(16-24(29)30)26(32)28-23-13-9-20(10-14-23)25(31)27-22-11-7-19(8-12-22)18(3)5-2/h7-14,18,21H,4-6,15-17H2,1-3H3,(H,27,31)(H,28,32). The van der Waals surface area contributed by atoms with Crippen LogP contribution in [0.5, 0.6) is 0 Å². The first kappa shape index (κ1) is 23.5. The summed E-state index contributed by atoms with van der Waals surface area (Å²) in [5.41, 5.74) is 3.13. The second kappa shape index (κ2) is 10.9. The zero-order valence-electron chi connectivity index (χ0n) is 19.2. The van der Waals surface area contributed by atoms with Gasteiger partial charge in [-0.05, 0) is 60.7 Å². The van der Waals surface area contributed by atoms with E-state index >= 15 is 0 Å². The van der Waals surface area contributed by atoms with Gasteiger partial charge in [0.25, 0.3) is 5.91 Å². The van der Waals surface area contributed by atoms with Crippen molar-refractivity contribution in [3.8, 4) is 0 Å². The van der Waals surface area contributed by atoms with E-state index in [0.29, 0.717) is 30.3 Å². The Morgan fingerprint density at radius 2 is 1.62 bits per heavy atom. The Kier molecular flexibility index (Phi) is 8.03. The highest BCUT2D eigenvalue weighted by atomic mass is 16.2. The first-order valence-corrected chi connectivity index (χ1v) is 11.5. The number of unbranched alkanes of at least 4 members (excludes halogenated alkanes) is 1. The van der Waals surface area contributed by atoms with Crippen molar-refractivity contribution in [2.45, 2.75) is 52.4 Å². The summed E-state index contributed by atoms with van der Waals surface area (Å²) in [5, 5.41) is 5.77. The largest absolute Gasteiger partial charge is 0.342 e. The molecule has 0 saturated carbocycles. The molecule has 3 amide bonds. The monoisotopic (exact) mass is 435 g/mol. The van der Waals surface area contributed by atoms with Crippen LogP contribution in [-0.2, 0) is 9.59 Å². The van der Waals surface area contributed by atoms with E-state index in [9.17, 15) is 14.4 Å². The lowest BCUT2D eigenvalue weighted by molar-refractivity contribution is -0.128. The van der Waals surface area contributed by atoms with E-state index in [-0.39, 0.29) is 30.1 Å². The fourth-order valence-electron chi connectivity index (χ4n) is 3.80. The smallest absolute Gasteiger partial charge is 0.255 e. The minimum atomic E-state index is -0.333. The molecule has 2 N–H and O–H groups in total. The van der Waals surface area contributed by atoms with Gasteiger partial charge in [-0.3, -0.25) is 14.4 Å². The topological polar surface area (TPSA) is 78.5 Å². The molecule has 1 aliphatic rings. The Bertz CT molecular complexity index is 938. The fraction of sp³-hybridized carbons (Fsp3) is 0.423. The van der Waals surface area contributed by atoms with Crippen LogP contribution in [0.4, 0.5) is 11.4 Å². The third-order valence-electron chi connectivity index (χ3n) is 6.13. The number of benzene rings is 2. The van der Waals surface area contributed by atoms with Crippen molar-refractivity contribution < 1.29 is 14.4 Å². The molecule has 1 aliphatic heterocycles. The van der Waals surface area contributed by atoms with Crippen LogP contribution in [-0.4, -0.2) is 35.7 Å². The van der Waals surface area contributed by atoms with Crippen LogP contribution >= 0.6 is 0 Å². The molecule has 170 valence electrons. The molecule has 0 bridgehead atoms. The molecule has 2 aromatic carbocycles. The molecule has 3 rings (SSSR count). The van der Waals surface area contributed by atoms with E-state index in [1.54, 1.807) is 29.2 Å². The maximum absolute atomic E-state index is 12.6. The van der Waals surface area contributed by atoms with Gasteiger partial charge in [0.05, 0.1) is 5.92 Å². The van der Waals surface area contributed by atoms with Crippen LogP contribution in [0.3, 0.4) is 0 Å². The SMILES string of the molecule is CCCCN1CC(C(=O)Nc2ccc(C(=O)Nc3ccc(C(C)CC)cc3)cc2)CC1=O. The minimum Gasteiger partial charge on any atom is -0.342 e. The molecule has 1 saturated heterocycles. The summed E-state index contributed by atoms with van der Waals surface area (Å²) in [6.45, 7) is 7.60. The number of nitrogens with one attached hydrogen (secondary N) is 2. The molecule has 6 heteroatoms. The number of amides is 3. The lowest BCUT2D eigenvalue weighted by Gasteiger charge is -2.16. The molecule has 1 heterocycles. The van der Waals surface area contributed by atoms with Gasteiger partial charge in [-0.15, -0.1) is 0 Å². The third kappa shape index (κ3) is 5.96. The number of likely N-dealkylation sites (tertiary alicyclic amines) is 1. The summed E-state index contributed by atoms with van der Waals surface area (Å²) in [5.74, 6) is -0.157. The quantitative estimate of drug-likeness (QED) is 0.579. The van der Waals surface area contributed by atoms with Gasteiger partial charge in [0.2, 0.25) is 11.8 Å². The zero-order valence-corrected chi connectivity index (χ0v) is 19.2. The normalized spacial score (nSPS) is 16.7. The van der Waals surface area contributed by atoms with E-state index in [1.165, 1.54) is 5.56 Å². The molecule has 2 aromatic rings. The number of hydrogen-bond acceptors (Lipinski definition) is 3. The van der Waals surface area contributed by atoms with Gasteiger partial charge in [0.1, 0.15) is 0 Å². The molecular formula is C26H33N3O3. The highest BCUT2D eigenvalue weighted by Crippen LogP contribution is 2.22. The molecule has 1 fully saturated rings. The molecule has 2 unspecified atom stereocenters. The van der Waals surface area contributed by atoms with E-state index in [1.807, 2.05) is 24.3 Å². The predicted octanol–water partition coefficient (Wildman–Crippen LogP) is 5.04. The van der Waals surface area contributed by atoms with E-state index < -0.39 is 0 Å². The molecular weight excluding hydrogens is 402 g/mol. The molecule has 2 atom stereocenters. The highest BCUT2D eigenvalue weighted by Gasteiger charge is 2.33. The van der Waals surface area contributed by atoms with Crippen LogP contribution in [0.15, 0.2) is 48.5 Å². The lowest BCUT2D eigenvalue weighted by Crippen LogP contribution is -2.29. The van der Waals surface area contributed by atoms with Gasteiger partial charge in [-0.25, -0.2) is 0 Å². The lowest BCUT2D eigenvalue weighted by atomic mass is 9.98. The molecule has 32 heavy (non-hydrogen) atoms. The van der Waals surface area contributed by atoms with Crippen LogP contribution < -0.4 is 10.6 Å². The summed E-state index contributed by atoms with van der Waals surface area (Å²) in [7, 11) is 0. The first-order chi connectivity index (χ1) is 15.4. The molecule has 0 aromatic heterocycles. The highest BCUT2D eigenvalue weighted by molar-refractivity contribution is 6.04. The summed E-state index contributed by atoms with van der Waals surface area (Å²) < 4.78 is 0. The fourth-order valence-corrected chi connectivity index (χ4v) is 3.80. The summed E-state index contributed by atoms with van der Waals surface area (Å²) in [4.78, 5) is 39.0. The van der Waals surface area contributed by atoms with Crippen LogP contribution in [0.1, 0.15) is 68.3 Å². The molecule has 0 radical (unpaired) electrons. The van der Waals surface area contributed by atoms with Crippen molar-refractivity contribution in [3.05, 3.63) is 59.7 Å². The molecule has 0 spiro atoms. The number of hydrogen-bond donors (Lipinski definition) is 2. The summed E-state index contributed by atoms with van der Waals surface area (Å²) in [6, 6.07) is 14.7. The van der Waals surface area contributed by atoms with Crippen molar-refractivity contribution >= 4 is 29.1 Å². The van der Waals surface area contributed by atoms with Crippen LogP contribution in [0, 0.1) is 5.92 Å². The van der Waals surface area contributed by atoms with Gasteiger partial charge in [-0.2, -0.15) is 0 Å². The average Bonchev–Trinajstić information content (AvgIpc) is 3.18. The van der Waals surface area contributed by atoms with Crippen molar-refractivity contribution in [1.29, 1.82) is 0 Å². The number of anilines is 2. The number of carbonyl (C=O) groups excluding carboxylic acids is 3. The van der Waals surface area contributed by atoms with Crippen LogP contribution in [0.25, 0.3) is 0 Å². The Labute approximate surface area is 190 Å². The summed E-state index contributed by atoms with van der Waals surface area (Å²) >= 11 is 0. The van der Waals surface area contributed by atoms with Gasteiger partial charge in [0.15, 0.2) is 0 Å². The van der Waals surface area contributed by atoms with E-state index in [2.05, 4.69) is 31.4 Å². The second-order valence-electron chi connectivity index (χ2n) is 8.55. The van der Waals surface area contributed by atoms with E-state index in [0.717, 1.165) is 24.9 Å². The van der Waals surface area contributed by atoms with Gasteiger partial charge >= 0.3 is 0 Å². The minimum absolute atomic E-state index is 0.0443. The van der Waals surface area contributed by atoms with Crippen molar-refractivity contribution in [2.24, 2.45) is 5.92 Å². The maximum Gasteiger partial charge on any atom is 0.255 e.